The van der Waals surface area contributed by atoms with Crippen LogP contribution in [0.1, 0.15) is 45.5 Å². The molecule has 7 heteroatoms. The topological polar surface area (TPSA) is 37.3 Å². The van der Waals surface area contributed by atoms with E-state index in [4.69, 9.17) is 11.6 Å². The summed E-state index contributed by atoms with van der Waals surface area (Å²) in [6.07, 6.45) is 6.85. The highest BCUT2D eigenvalue weighted by atomic mass is 35.5. The minimum absolute atomic E-state index is 0.132. The number of benzene rings is 1. The number of aryl methyl sites for hydroxylation is 1. The van der Waals surface area contributed by atoms with Crippen LogP contribution < -0.4 is 5.32 Å². The lowest BCUT2D eigenvalue weighted by Crippen LogP contribution is -2.37. The zero-order chi connectivity index (χ0) is 21.7. The first kappa shape index (κ1) is 20.1. The van der Waals surface area contributed by atoms with Gasteiger partial charge in [-0.05, 0) is 67.0 Å². The standard InChI is InChI=1S/C25H22ClN3OS2/c26-18-8-2-3-9-19(18)27-25(30)29-15-17-16-7-1-4-11-21(16)32-24(17)28-13-5-10-20(28)23(29)22-12-6-14-31-22/h2-3,5-6,8-10,12-14,23H,1,4,7,11,15H2,(H,27,30). The van der Waals surface area contributed by atoms with Crippen LogP contribution in [0.2, 0.25) is 5.02 Å². The van der Waals surface area contributed by atoms with Gasteiger partial charge in [-0.1, -0.05) is 29.8 Å². The summed E-state index contributed by atoms with van der Waals surface area (Å²) in [5, 5.41) is 6.97. The quantitative estimate of drug-likeness (QED) is 0.322. The van der Waals surface area contributed by atoms with Crippen molar-refractivity contribution in [2.24, 2.45) is 0 Å². The third-order valence-corrected chi connectivity index (χ3v) is 8.96. The van der Waals surface area contributed by atoms with Crippen molar-refractivity contribution in [2.75, 3.05) is 5.32 Å². The Morgan fingerprint density at radius 1 is 1.03 bits per heavy atom. The Labute approximate surface area is 200 Å². The van der Waals surface area contributed by atoms with Crippen LogP contribution in [0.5, 0.6) is 0 Å². The molecule has 1 unspecified atom stereocenters. The van der Waals surface area contributed by atoms with E-state index in [2.05, 4.69) is 45.7 Å². The summed E-state index contributed by atoms with van der Waals surface area (Å²) in [5.41, 5.74) is 4.52. The fraction of sp³-hybridized carbons (Fsp3) is 0.240. The minimum Gasteiger partial charge on any atom is -0.310 e. The van der Waals surface area contributed by atoms with Crippen molar-refractivity contribution in [2.45, 2.75) is 38.3 Å². The average molecular weight is 480 g/mol. The second kappa shape index (κ2) is 8.10. The number of nitrogens with zero attached hydrogens (tertiary/aromatic N) is 2. The fourth-order valence-corrected chi connectivity index (χ4v) is 7.32. The molecule has 1 aromatic carbocycles. The maximum Gasteiger partial charge on any atom is 0.323 e. The van der Waals surface area contributed by atoms with Crippen molar-refractivity contribution in [3.63, 3.8) is 0 Å². The van der Waals surface area contributed by atoms with Gasteiger partial charge in [0.15, 0.2) is 0 Å². The smallest absolute Gasteiger partial charge is 0.310 e. The molecule has 1 aliphatic heterocycles. The number of anilines is 1. The maximum atomic E-state index is 13.8. The Kier molecular flexibility index (Phi) is 5.09. The molecule has 1 N–H and O–H groups in total. The van der Waals surface area contributed by atoms with E-state index in [1.54, 1.807) is 17.4 Å². The number of thiophene rings is 2. The normalized spacial score (nSPS) is 17.3. The molecule has 1 aliphatic carbocycles. The summed E-state index contributed by atoms with van der Waals surface area (Å²) in [5.74, 6) is 0. The molecule has 4 nitrogen and oxygen atoms in total. The number of amides is 2. The van der Waals surface area contributed by atoms with E-state index in [1.807, 2.05) is 34.4 Å². The lowest BCUT2D eigenvalue weighted by Gasteiger charge is -2.30. The van der Waals surface area contributed by atoms with E-state index in [9.17, 15) is 4.79 Å². The van der Waals surface area contributed by atoms with Gasteiger partial charge in [0.25, 0.3) is 0 Å². The second-order valence-electron chi connectivity index (χ2n) is 8.25. The van der Waals surface area contributed by atoms with E-state index < -0.39 is 0 Å². The molecule has 0 bridgehead atoms. The van der Waals surface area contributed by atoms with Gasteiger partial charge in [-0.3, -0.25) is 0 Å². The molecule has 6 rings (SSSR count). The summed E-state index contributed by atoms with van der Waals surface area (Å²) in [4.78, 5) is 18.4. The van der Waals surface area contributed by atoms with Gasteiger partial charge in [-0.25, -0.2) is 4.79 Å². The zero-order valence-electron chi connectivity index (χ0n) is 17.4. The highest BCUT2D eigenvalue weighted by molar-refractivity contribution is 7.15. The Hall–Kier alpha value is -2.54. The summed E-state index contributed by atoms with van der Waals surface area (Å²) in [6, 6.07) is 15.5. The Bertz CT molecular complexity index is 1290. The number of rotatable bonds is 2. The first-order valence-corrected chi connectivity index (χ1v) is 12.9. The van der Waals surface area contributed by atoms with Gasteiger partial charge >= 0.3 is 6.03 Å². The highest BCUT2D eigenvalue weighted by Gasteiger charge is 2.36. The van der Waals surface area contributed by atoms with Crippen LogP contribution in [-0.4, -0.2) is 15.5 Å². The number of hydrogen-bond donors (Lipinski definition) is 1. The number of fused-ring (bicyclic) bond motifs is 5. The molecular weight excluding hydrogens is 458 g/mol. The van der Waals surface area contributed by atoms with Crippen LogP contribution in [0, 0.1) is 0 Å². The monoisotopic (exact) mass is 479 g/mol. The van der Waals surface area contributed by atoms with Crippen molar-refractivity contribution in [1.29, 1.82) is 0 Å². The van der Waals surface area contributed by atoms with Gasteiger partial charge in [-0.2, -0.15) is 0 Å². The number of urea groups is 1. The van der Waals surface area contributed by atoms with Gasteiger partial charge in [0.2, 0.25) is 0 Å². The summed E-state index contributed by atoms with van der Waals surface area (Å²) >= 11 is 9.96. The van der Waals surface area contributed by atoms with E-state index in [-0.39, 0.29) is 12.1 Å². The van der Waals surface area contributed by atoms with Crippen LogP contribution in [0.15, 0.2) is 60.1 Å². The zero-order valence-corrected chi connectivity index (χ0v) is 19.8. The number of para-hydroxylation sites is 1. The lowest BCUT2D eigenvalue weighted by molar-refractivity contribution is 0.195. The summed E-state index contributed by atoms with van der Waals surface area (Å²) in [6.45, 7) is 0.585. The molecule has 162 valence electrons. The number of carbonyl (C=O) groups is 1. The summed E-state index contributed by atoms with van der Waals surface area (Å²) in [7, 11) is 0. The molecule has 0 spiro atoms. The first-order chi connectivity index (χ1) is 15.7. The number of carbonyl (C=O) groups excluding carboxylic acids is 1. The fourth-order valence-electron chi connectivity index (χ4n) is 4.88. The van der Waals surface area contributed by atoms with Gasteiger partial charge in [-0.15, -0.1) is 22.7 Å². The number of nitrogens with one attached hydrogen (secondary N) is 1. The predicted octanol–water partition coefficient (Wildman–Crippen LogP) is 7.27. The molecular formula is C25H22ClN3OS2. The van der Waals surface area contributed by atoms with Crippen molar-refractivity contribution < 1.29 is 4.79 Å². The molecule has 4 aromatic rings. The Balaban J connectivity index is 1.50. The molecule has 0 fully saturated rings. The lowest BCUT2D eigenvalue weighted by atomic mass is 9.95. The molecule has 32 heavy (non-hydrogen) atoms. The molecule has 2 aliphatic rings. The van der Waals surface area contributed by atoms with Crippen LogP contribution in [0.4, 0.5) is 10.5 Å². The van der Waals surface area contributed by atoms with Crippen LogP contribution in [0.25, 0.3) is 5.00 Å². The third kappa shape index (κ3) is 3.29. The van der Waals surface area contributed by atoms with E-state index in [0.29, 0.717) is 17.3 Å². The Morgan fingerprint density at radius 3 is 2.75 bits per heavy atom. The van der Waals surface area contributed by atoms with Crippen molar-refractivity contribution in [3.8, 4) is 5.00 Å². The van der Waals surface area contributed by atoms with Crippen LogP contribution in [0.3, 0.4) is 0 Å². The van der Waals surface area contributed by atoms with Gasteiger partial charge in [0.1, 0.15) is 11.0 Å². The van der Waals surface area contributed by atoms with Gasteiger partial charge in [0, 0.05) is 21.5 Å². The molecule has 3 aromatic heterocycles. The number of aromatic nitrogens is 1. The number of halogens is 1. The Morgan fingerprint density at radius 2 is 1.91 bits per heavy atom. The largest absolute Gasteiger partial charge is 0.323 e. The minimum atomic E-state index is -0.161. The van der Waals surface area contributed by atoms with Crippen molar-refractivity contribution in [1.82, 2.24) is 9.47 Å². The third-order valence-electron chi connectivity index (χ3n) is 6.37. The van der Waals surface area contributed by atoms with E-state index >= 15 is 0 Å². The average Bonchev–Trinajstić information content (AvgIpc) is 3.55. The first-order valence-electron chi connectivity index (χ1n) is 10.9. The number of hydrogen-bond acceptors (Lipinski definition) is 3. The molecule has 2 amide bonds. The summed E-state index contributed by atoms with van der Waals surface area (Å²) < 4.78 is 2.31. The molecule has 4 heterocycles. The molecule has 0 radical (unpaired) electrons. The SMILES string of the molecule is O=C(Nc1ccccc1Cl)N1Cc2c(sc3c2CCCC3)-n2cccc2C1c1cccs1. The molecule has 0 saturated heterocycles. The van der Waals surface area contributed by atoms with Crippen molar-refractivity contribution >= 4 is 46.0 Å². The van der Waals surface area contributed by atoms with Crippen molar-refractivity contribution in [3.05, 3.63) is 91.7 Å². The highest BCUT2D eigenvalue weighted by Crippen LogP contribution is 2.44. The van der Waals surface area contributed by atoms with E-state index in [1.165, 1.54) is 33.8 Å². The molecule has 0 saturated carbocycles. The molecule has 1 atom stereocenters. The van der Waals surface area contributed by atoms with Crippen LogP contribution >= 0.6 is 34.3 Å². The van der Waals surface area contributed by atoms with E-state index in [0.717, 1.165) is 23.4 Å². The van der Waals surface area contributed by atoms with Gasteiger partial charge in [0.05, 0.1) is 22.9 Å². The maximum absolute atomic E-state index is 13.8. The predicted molar refractivity (Wildman–Crippen MR) is 132 cm³/mol. The van der Waals surface area contributed by atoms with Gasteiger partial charge < -0.3 is 14.8 Å². The van der Waals surface area contributed by atoms with Crippen LogP contribution in [-0.2, 0) is 19.4 Å². The second-order valence-corrected chi connectivity index (χ2v) is 10.7.